The van der Waals surface area contributed by atoms with Gasteiger partial charge in [-0.1, -0.05) is 12.8 Å². The van der Waals surface area contributed by atoms with E-state index < -0.39 is 0 Å². The van der Waals surface area contributed by atoms with Crippen LogP contribution >= 0.6 is 0 Å². The summed E-state index contributed by atoms with van der Waals surface area (Å²) in [7, 11) is 3.88. The maximum absolute atomic E-state index is 5.37. The highest BCUT2D eigenvalue weighted by atomic mass is 16.5. The lowest BCUT2D eigenvalue weighted by atomic mass is 9.84. The maximum Gasteiger partial charge on any atom is 0.0571 e. The molecule has 1 N–H and O–H groups in total. The van der Waals surface area contributed by atoms with Gasteiger partial charge >= 0.3 is 0 Å². The fourth-order valence-electron chi connectivity index (χ4n) is 2.39. The molecule has 0 heterocycles. The van der Waals surface area contributed by atoms with E-state index in [1.54, 1.807) is 0 Å². The molecule has 0 bridgehead atoms. The Morgan fingerprint density at radius 3 is 2.43 bits per heavy atom. The first-order valence-corrected chi connectivity index (χ1v) is 6.04. The molecular weight excluding hydrogens is 174 g/mol. The van der Waals surface area contributed by atoms with Crippen LogP contribution in [0.5, 0.6) is 0 Å². The zero-order chi connectivity index (χ0) is 10.2. The van der Waals surface area contributed by atoms with Crippen molar-refractivity contribution >= 4 is 0 Å². The fraction of sp³-hybridized carbons (Fsp3) is 1.00. The molecule has 1 saturated carbocycles. The van der Waals surface area contributed by atoms with Gasteiger partial charge in [0.25, 0.3) is 0 Å². The van der Waals surface area contributed by atoms with Crippen LogP contribution < -0.4 is 5.32 Å². The molecule has 0 atom stereocenters. The third-order valence-corrected chi connectivity index (χ3v) is 3.42. The predicted molar refractivity (Wildman–Crippen MR) is 60.5 cm³/mol. The van der Waals surface area contributed by atoms with Crippen LogP contribution in [0.3, 0.4) is 0 Å². The summed E-state index contributed by atoms with van der Waals surface area (Å²) in [6.45, 7) is 1.17. The largest absolute Gasteiger partial charge is 0.381 e. The second-order valence-corrected chi connectivity index (χ2v) is 4.48. The molecular formula is C12H25NO. The zero-order valence-corrected chi connectivity index (χ0v) is 9.72. The predicted octanol–water partition coefficient (Wildman–Crippen LogP) is 2.58. The van der Waals surface area contributed by atoms with E-state index in [2.05, 4.69) is 5.32 Å². The summed E-state index contributed by atoms with van der Waals surface area (Å²) < 4.78 is 5.37. The fourth-order valence-corrected chi connectivity index (χ4v) is 2.39. The molecule has 84 valence electrons. The molecule has 0 saturated heterocycles. The van der Waals surface area contributed by atoms with Gasteiger partial charge in [-0.3, -0.25) is 0 Å². The summed E-state index contributed by atoms with van der Waals surface area (Å²) in [4.78, 5) is 0. The highest BCUT2D eigenvalue weighted by molar-refractivity contribution is 4.72. The lowest BCUT2D eigenvalue weighted by Gasteiger charge is -2.27. The minimum atomic E-state index is 0.559. The molecule has 0 aromatic heterocycles. The van der Waals surface area contributed by atoms with Crippen molar-refractivity contribution < 1.29 is 4.74 Å². The third kappa shape index (κ3) is 4.43. The first-order valence-electron chi connectivity index (χ1n) is 6.04. The van der Waals surface area contributed by atoms with E-state index in [1.807, 2.05) is 14.2 Å². The van der Waals surface area contributed by atoms with Gasteiger partial charge in [-0.05, 0) is 51.6 Å². The Morgan fingerprint density at radius 1 is 1.14 bits per heavy atom. The summed E-state index contributed by atoms with van der Waals surface area (Å²) in [6.07, 6.45) is 10.1. The second-order valence-electron chi connectivity index (χ2n) is 4.48. The Hall–Kier alpha value is -0.0800. The van der Waals surface area contributed by atoms with Crippen molar-refractivity contribution in [3.05, 3.63) is 0 Å². The number of rotatable bonds is 6. The van der Waals surface area contributed by atoms with Gasteiger partial charge in [0.1, 0.15) is 0 Å². The molecule has 14 heavy (non-hydrogen) atoms. The van der Waals surface area contributed by atoms with E-state index >= 15 is 0 Å². The Labute approximate surface area is 88.4 Å². The van der Waals surface area contributed by atoms with Crippen LogP contribution in [0.1, 0.15) is 44.9 Å². The summed E-state index contributed by atoms with van der Waals surface area (Å²) in [6, 6.07) is 0. The van der Waals surface area contributed by atoms with Crippen LogP contribution in [0.25, 0.3) is 0 Å². The minimum absolute atomic E-state index is 0.559. The average Bonchev–Trinajstić information content (AvgIpc) is 2.25. The monoisotopic (exact) mass is 199 g/mol. The van der Waals surface area contributed by atoms with Gasteiger partial charge in [0.15, 0.2) is 0 Å². The lowest BCUT2D eigenvalue weighted by molar-refractivity contribution is 0.0552. The van der Waals surface area contributed by atoms with Gasteiger partial charge in [-0.25, -0.2) is 0 Å². The minimum Gasteiger partial charge on any atom is -0.381 e. The molecule has 1 aliphatic carbocycles. The third-order valence-electron chi connectivity index (χ3n) is 3.42. The van der Waals surface area contributed by atoms with Gasteiger partial charge in [-0.15, -0.1) is 0 Å². The maximum atomic E-state index is 5.37. The Kier molecular flexibility index (Phi) is 6.20. The average molecular weight is 199 g/mol. The molecule has 0 aliphatic heterocycles. The standard InChI is InChI=1S/C12H25NO/c1-13-10-4-3-5-11-6-8-12(14-2)9-7-11/h11-13H,3-10H2,1-2H3. The highest BCUT2D eigenvalue weighted by Crippen LogP contribution is 2.29. The first kappa shape index (κ1) is 12.0. The molecule has 1 fully saturated rings. The van der Waals surface area contributed by atoms with Crippen LogP contribution in [0.4, 0.5) is 0 Å². The SMILES string of the molecule is CNCCCCC1CCC(OC)CC1. The number of hydrogen-bond acceptors (Lipinski definition) is 2. The van der Waals surface area contributed by atoms with E-state index in [0.717, 1.165) is 5.92 Å². The normalized spacial score (nSPS) is 27.9. The molecule has 0 amide bonds. The van der Waals surface area contributed by atoms with Crippen molar-refractivity contribution in [1.82, 2.24) is 5.32 Å². The van der Waals surface area contributed by atoms with Crippen molar-refractivity contribution in [2.45, 2.75) is 51.0 Å². The Balaban J connectivity index is 1.98. The van der Waals surface area contributed by atoms with Gasteiger partial charge in [0, 0.05) is 7.11 Å². The summed E-state index contributed by atoms with van der Waals surface area (Å²) >= 11 is 0. The highest BCUT2D eigenvalue weighted by Gasteiger charge is 2.19. The Morgan fingerprint density at radius 2 is 1.86 bits per heavy atom. The molecule has 0 aromatic rings. The number of methoxy groups -OCH3 is 1. The van der Waals surface area contributed by atoms with Gasteiger partial charge in [-0.2, -0.15) is 0 Å². The summed E-state index contributed by atoms with van der Waals surface area (Å²) in [5, 5.41) is 3.20. The summed E-state index contributed by atoms with van der Waals surface area (Å²) in [5.74, 6) is 0.984. The molecule has 1 aliphatic rings. The lowest BCUT2D eigenvalue weighted by Crippen LogP contribution is -2.20. The molecule has 2 heteroatoms. The van der Waals surface area contributed by atoms with Crippen LogP contribution in [-0.2, 0) is 4.74 Å². The van der Waals surface area contributed by atoms with E-state index in [9.17, 15) is 0 Å². The van der Waals surface area contributed by atoms with E-state index in [1.165, 1.54) is 51.5 Å². The van der Waals surface area contributed by atoms with Crippen molar-refractivity contribution in [3.8, 4) is 0 Å². The number of hydrogen-bond donors (Lipinski definition) is 1. The van der Waals surface area contributed by atoms with Gasteiger partial charge in [0.2, 0.25) is 0 Å². The molecule has 0 aromatic carbocycles. The summed E-state index contributed by atoms with van der Waals surface area (Å²) in [5.41, 5.74) is 0. The van der Waals surface area contributed by atoms with Gasteiger partial charge < -0.3 is 10.1 Å². The Bertz CT molecular complexity index is 130. The molecule has 0 radical (unpaired) electrons. The van der Waals surface area contributed by atoms with Crippen LogP contribution in [0.2, 0.25) is 0 Å². The smallest absolute Gasteiger partial charge is 0.0571 e. The molecule has 1 rings (SSSR count). The van der Waals surface area contributed by atoms with E-state index in [-0.39, 0.29) is 0 Å². The molecule has 0 spiro atoms. The topological polar surface area (TPSA) is 21.3 Å². The second kappa shape index (κ2) is 7.24. The molecule has 2 nitrogen and oxygen atoms in total. The number of unbranched alkanes of at least 4 members (excludes halogenated alkanes) is 1. The van der Waals surface area contributed by atoms with E-state index in [0.29, 0.717) is 6.10 Å². The van der Waals surface area contributed by atoms with Crippen molar-refractivity contribution in [3.63, 3.8) is 0 Å². The molecule has 0 unspecified atom stereocenters. The van der Waals surface area contributed by atoms with Crippen molar-refractivity contribution in [2.24, 2.45) is 5.92 Å². The van der Waals surface area contributed by atoms with Crippen LogP contribution in [0.15, 0.2) is 0 Å². The van der Waals surface area contributed by atoms with Gasteiger partial charge in [0.05, 0.1) is 6.10 Å². The van der Waals surface area contributed by atoms with E-state index in [4.69, 9.17) is 4.74 Å². The quantitative estimate of drug-likeness (QED) is 0.664. The number of ether oxygens (including phenoxy) is 1. The van der Waals surface area contributed by atoms with Crippen molar-refractivity contribution in [2.75, 3.05) is 20.7 Å². The zero-order valence-electron chi connectivity index (χ0n) is 9.72. The van der Waals surface area contributed by atoms with Crippen molar-refractivity contribution in [1.29, 1.82) is 0 Å². The van der Waals surface area contributed by atoms with Crippen LogP contribution in [-0.4, -0.2) is 26.8 Å². The number of nitrogens with one attached hydrogen (secondary N) is 1. The van der Waals surface area contributed by atoms with Crippen LogP contribution in [0, 0.1) is 5.92 Å². The first-order chi connectivity index (χ1) is 6.86.